The maximum absolute atomic E-state index is 11.7. The highest BCUT2D eigenvalue weighted by atomic mass is 16.4. The third-order valence-electron chi connectivity index (χ3n) is 4.03. The summed E-state index contributed by atoms with van der Waals surface area (Å²) in [5.74, 6) is 0.534. The molecule has 1 aliphatic heterocycles. The molecule has 1 unspecified atom stereocenters. The Hall–Kier alpha value is -2.14. The average molecular weight is 286 g/mol. The second kappa shape index (κ2) is 5.33. The molecule has 0 aliphatic carbocycles. The zero-order valence-corrected chi connectivity index (χ0v) is 12.2. The maximum atomic E-state index is 11.7. The monoisotopic (exact) mass is 286 g/mol. The molecule has 2 heterocycles. The average Bonchev–Trinajstić information content (AvgIpc) is 2.76. The van der Waals surface area contributed by atoms with Crippen molar-refractivity contribution in [3.8, 4) is 0 Å². The molecule has 110 valence electrons. The van der Waals surface area contributed by atoms with Crippen LogP contribution in [0.5, 0.6) is 0 Å². The zero-order valence-electron chi connectivity index (χ0n) is 12.2. The number of aryl methyl sites for hydroxylation is 2. The van der Waals surface area contributed by atoms with E-state index in [1.54, 1.807) is 0 Å². The Labute approximate surface area is 123 Å². The molecule has 1 aliphatic rings. The largest absolute Gasteiger partial charge is 0.480 e. The predicted octanol–water partition coefficient (Wildman–Crippen LogP) is 2.48. The van der Waals surface area contributed by atoms with E-state index in [-0.39, 0.29) is 0 Å². The molecule has 1 aromatic heterocycles. The minimum atomic E-state index is -0.831. The van der Waals surface area contributed by atoms with Crippen molar-refractivity contribution < 1.29 is 14.3 Å². The van der Waals surface area contributed by atoms with Gasteiger partial charge in [0.15, 0.2) is 0 Å². The molecule has 0 spiro atoms. The summed E-state index contributed by atoms with van der Waals surface area (Å²) in [5.41, 5.74) is 2.84. The summed E-state index contributed by atoms with van der Waals surface area (Å²) in [7, 11) is 0. The molecule has 1 N–H and O–H groups in total. The molecule has 0 radical (unpaired) electrons. The van der Waals surface area contributed by atoms with Gasteiger partial charge >= 0.3 is 5.97 Å². The van der Waals surface area contributed by atoms with Crippen LogP contribution in [-0.2, 0) is 17.8 Å². The predicted molar refractivity (Wildman–Crippen MR) is 76.9 cm³/mol. The molecule has 5 nitrogen and oxygen atoms in total. The van der Waals surface area contributed by atoms with Gasteiger partial charge in [0, 0.05) is 6.54 Å². The molecule has 0 bridgehead atoms. The van der Waals surface area contributed by atoms with Crippen LogP contribution >= 0.6 is 0 Å². The number of hydrogen-bond donors (Lipinski definition) is 1. The Morgan fingerprint density at radius 2 is 2.19 bits per heavy atom. The van der Waals surface area contributed by atoms with Gasteiger partial charge in [0.05, 0.1) is 12.2 Å². The minimum absolute atomic E-state index is 0.417. The number of carboxylic acids is 1. The molecule has 0 fully saturated rings. The van der Waals surface area contributed by atoms with Gasteiger partial charge in [-0.1, -0.05) is 24.3 Å². The van der Waals surface area contributed by atoms with Crippen molar-refractivity contribution in [2.24, 2.45) is 0 Å². The van der Waals surface area contributed by atoms with E-state index in [1.807, 2.05) is 43.0 Å². The number of benzene rings is 1. The van der Waals surface area contributed by atoms with Crippen LogP contribution in [0, 0.1) is 13.8 Å². The number of oxazole rings is 1. The van der Waals surface area contributed by atoms with Gasteiger partial charge in [0.2, 0.25) is 5.89 Å². The third-order valence-corrected chi connectivity index (χ3v) is 4.03. The molecular weight excluding hydrogens is 268 g/mol. The fourth-order valence-corrected chi connectivity index (χ4v) is 2.86. The highest BCUT2D eigenvalue weighted by Crippen LogP contribution is 2.31. The van der Waals surface area contributed by atoms with E-state index in [0.717, 1.165) is 29.0 Å². The summed E-state index contributed by atoms with van der Waals surface area (Å²) in [6.07, 6.45) is 0.846. The van der Waals surface area contributed by atoms with Crippen molar-refractivity contribution in [1.29, 1.82) is 0 Å². The molecule has 5 heteroatoms. The van der Waals surface area contributed by atoms with Crippen molar-refractivity contribution in [2.75, 3.05) is 6.54 Å². The molecule has 1 aromatic carbocycles. The van der Waals surface area contributed by atoms with Crippen LogP contribution in [-0.4, -0.2) is 27.5 Å². The van der Waals surface area contributed by atoms with E-state index in [0.29, 0.717) is 19.0 Å². The molecule has 3 rings (SSSR count). The van der Waals surface area contributed by atoms with Gasteiger partial charge in [-0.3, -0.25) is 9.69 Å². The van der Waals surface area contributed by atoms with E-state index in [9.17, 15) is 9.90 Å². The van der Waals surface area contributed by atoms with Crippen LogP contribution in [0.15, 0.2) is 28.7 Å². The van der Waals surface area contributed by atoms with Crippen LogP contribution in [0.2, 0.25) is 0 Å². The first-order valence-corrected chi connectivity index (χ1v) is 7.04. The van der Waals surface area contributed by atoms with Crippen LogP contribution in [0.1, 0.15) is 34.5 Å². The number of nitrogens with zero attached hydrogens (tertiary/aromatic N) is 2. The number of carboxylic acid groups (broad SMARTS) is 1. The summed E-state index contributed by atoms with van der Waals surface area (Å²) in [4.78, 5) is 18.0. The summed E-state index contributed by atoms with van der Waals surface area (Å²) >= 11 is 0. The van der Waals surface area contributed by atoms with Crippen LogP contribution in [0.4, 0.5) is 0 Å². The Balaban J connectivity index is 1.90. The summed E-state index contributed by atoms with van der Waals surface area (Å²) < 4.78 is 5.59. The number of aromatic nitrogens is 1. The molecular formula is C16H18N2O3. The molecule has 0 amide bonds. The lowest BCUT2D eigenvalue weighted by molar-refractivity contribution is -0.144. The van der Waals surface area contributed by atoms with Gasteiger partial charge in [-0.15, -0.1) is 0 Å². The van der Waals surface area contributed by atoms with Gasteiger partial charge in [0.25, 0.3) is 0 Å². The highest BCUT2D eigenvalue weighted by molar-refractivity contribution is 5.76. The van der Waals surface area contributed by atoms with E-state index < -0.39 is 12.0 Å². The van der Waals surface area contributed by atoms with Crippen LogP contribution in [0.3, 0.4) is 0 Å². The zero-order chi connectivity index (χ0) is 15.0. The van der Waals surface area contributed by atoms with Gasteiger partial charge in [-0.2, -0.15) is 0 Å². The van der Waals surface area contributed by atoms with Gasteiger partial charge in [0.1, 0.15) is 11.8 Å². The number of fused-ring (bicyclic) bond motifs is 1. The van der Waals surface area contributed by atoms with Crippen molar-refractivity contribution in [1.82, 2.24) is 9.88 Å². The van der Waals surface area contributed by atoms with Gasteiger partial charge < -0.3 is 9.52 Å². The fraction of sp³-hybridized carbons (Fsp3) is 0.375. The van der Waals surface area contributed by atoms with Crippen LogP contribution < -0.4 is 0 Å². The Bertz CT molecular complexity index is 658. The van der Waals surface area contributed by atoms with E-state index in [2.05, 4.69) is 4.98 Å². The van der Waals surface area contributed by atoms with Gasteiger partial charge in [-0.25, -0.2) is 4.98 Å². The number of carbonyl (C=O) groups is 1. The second-order valence-electron chi connectivity index (χ2n) is 5.41. The van der Waals surface area contributed by atoms with E-state index in [4.69, 9.17) is 4.42 Å². The first-order chi connectivity index (χ1) is 10.1. The van der Waals surface area contributed by atoms with Crippen LogP contribution in [0.25, 0.3) is 0 Å². The molecule has 21 heavy (non-hydrogen) atoms. The molecule has 1 atom stereocenters. The fourth-order valence-electron chi connectivity index (χ4n) is 2.86. The second-order valence-corrected chi connectivity index (χ2v) is 5.41. The number of rotatable bonds is 3. The minimum Gasteiger partial charge on any atom is -0.480 e. The molecule has 0 saturated heterocycles. The quantitative estimate of drug-likeness (QED) is 0.939. The number of hydrogen-bond acceptors (Lipinski definition) is 4. The first kappa shape index (κ1) is 13.8. The Morgan fingerprint density at radius 1 is 1.43 bits per heavy atom. The Morgan fingerprint density at radius 3 is 2.86 bits per heavy atom. The van der Waals surface area contributed by atoms with E-state index in [1.165, 1.54) is 0 Å². The summed E-state index contributed by atoms with van der Waals surface area (Å²) in [6, 6.07) is 7.10. The van der Waals surface area contributed by atoms with Crippen molar-refractivity contribution >= 4 is 5.97 Å². The van der Waals surface area contributed by atoms with Crippen molar-refractivity contribution in [3.05, 3.63) is 52.7 Å². The topological polar surface area (TPSA) is 66.6 Å². The summed E-state index contributed by atoms with van der Waals surface area (Å²) in [6.45, 7) is 4.86. The highest BCUT2D eigenvalue weighted by Gasteiger charge is 2.33. The van der Waals surface area contributed by atoms with Crippen molar-refractivity contribution in [3.63, 3.8) is 0 Å². The van der Waals surface area contributed by atoms with E-state index >= 15 is 0 Å². The molecule has 2 aromatic rings. The lowest BCUT2D eigenvalue weighted by Crippen LogP contribution is -2.39. The van der Waals surface area contributed by atoms with Crippen molar-refractivity contribution in [2.45, 2.75) is 32.9 Å². The summed E-state index contributed by atoms with van der Waals surface area (Å²) in [5, 5.41) is 9.60. The SMILES string of the molecule is Cc1nc(CN2CCc3ccccc3C2C(=O)O)oc1C. The normalized spacial score (nSPS) is 18.5. The smallest absolute Gasteiger partial charge is 0.325 e. The maximum Gasteiger partial charge on any atom is 0.325 e. The molecule has 0 saturated carbocycles. The lowest BCUT2D eigenvalue weighted by atomic mass is 9.92. The number of aliphatic carboxylic acids is 1. The third kappa shape index (κ3) is 2.56. The lowest BCUT2D eigenvalue weighted by Gasteiger charge is -2.33. The Kier molecular flexibility index (Phi) is 3.51. The van der Waals surface area contributed by atoms with Gasteiger partial charge in [-0.05, 0) is 31.4 Å². The first-order valence-electron chi connectivity index (χ1n) is 7.04. The standard InChI is InChI=1S/C16H18N2O3/c1-10-11(2)21-14(17-10)9-18-8-7-12-5-3-4-6-13(12)15(18)16(19)20/h3-6,15H,7-9H2,1-2H3,(H,19,20).